The number of anilines is 1. The molecule has 0 aliphatic carbocycles. The van der Waals surface area contributed by atoms with Gasteiger partial charge < -0.3 is 10.0 Å². The van der Waals surface area contributed by atoms with Crippen LogP contribution in [-0.2, 0) is 4.79 Å². The lowest BCUT2D eigenvalue weighted by atomic mass is 10.1. The molecule has 0 saturated carbocycles. The predicted molar refractivity (Wildman–Crippen MR) is 86.1 cm³/mol. The minimum Gasteiger partial charge on any atom is -0.478 e. The van der Waals surface area contributed by atoms with Gasteiger partial charge >= 0.3 is 5.97 Å². The SMILES string of the molecule is O=C(O)C=Cc1cc(Br)ccc1N1CCCCCCC1. The lowest BCUT2D eigenvalue weighted by Gasteiger charge is -2.28. The van der Waals surface area contributed by atoms with E-state index >= 15 is 0 Å². The number of carboxylic acid groups (broad SMARTS) is 1. The maximum atomic E-state index is 10.7. The first kappa shape index (κ1) is 15.1. The molecule has 0 amide bonds. The molecule has 1 aliphatic rings. The summed E-state index contributed by atoms with van der Waals surface area (Å²) in [5.74, 6) is -0.913. The van der Waals surface area contributed by atoms with Crippen molar-refractivity contribution in [2.24, 2.45) is 0 Å². The Balaban J connectivity index is 2.26. The molecule has 1 aromatic carbocycles. The molecule has 1 aromatic rings. The van der Waals surface area contributed by atoms with E-state index in [1.165, 1.54) is 38.2 Å². The van der Waals surface area contributed by atoms with Crippen LogP contribution >= 0.6 is 15.9 Å². The normalized spacial score (nSPS) is 16.9. The van der Waals surface area contributed by atoms with Crippen molar-refractivity contribution in [2.45, 2.75) is 32.1 Å². The van der Waals surface area contributed by atoms with Gasteiger partial charge in [-0.15, -0.1) is 0 Å². The fraction of sp³-hybridized carbons (Fsp3) is 0.438. The lowest BCUT2D eigenvalue weighted by Crippen LogP contribution is -2.27. The topological polar surface area (TPSA) is 40.5 Å². The summed E-state index contributed by atoms with van der Waals surface area (Å²) in [5.41, 5.74) is 2.09. The second-order valence-electron chi connectivity index (χ2n) is 5.13. The summed E-state index contributed by atoms with van der Waals surface area (Å²) in [6.07, 6.45) is 9.20. The third-order valence-corrected chi connectivity index (χ3v) is 4.09. The molecule has 4 heteroatoms. The van der Waals surface area contributed by atoms with E-state index in [4.69, 9.17) is 5.11 Å². The molecule has 0 bridgehead atoms. The van der Waals surface area contributed by atoms with Crippen molar-refractivity contribution in [2.75, 3.05) is 18.0 Å². The summed E-state index contributed by atoms with van der Waals surface area (Å²) in [7, 11) is 0. The van der Waals surface area contributed by atoms with Gasteiger partial charge in [0.15, 0.2) is 0 Å². The minimum absolute atomic E-state index is 0.913. The third-order valence-electron chi connectivity index (χ3n) is 3.59. The van der Waals surface area contributed by atoms with Crippen LogP contribution in [0.15, 0.2) is 28.7 Å². The van der Waals surface area contributed by atoms with Crippen LogP contribution in [-0.4, -0.2) is 24.2 Å². The van der Waals surface area contributed by atoms with E-state index in [0.29, 0.717) is 0 Å². The zero-order chi connectivity index (χ0) is 14.4. The van der Waals surface area contributed by atoms with E-state index in [2.05, 4.69) is 26.9 Å². The first-order chi connectivity index (χ1) is 9.66. The standard InChI is InChI=1S/C16H20BrNO2/c17-14-7-8-15(13(12-14)6-9-16(19)20)18-10-4-2-1-3-5-11-18/h6-9,12H,1-5,10-11H2,(H,19,20). The van der Waals surface area contributed by atoms with Crippen LogP contribution in [0.5, 0.6) is 0 Å². The van der Waals surface area contributed by atoms with Crippen LogP contribution < -0.4 is 4.90 Å². The largest absolute Gasteiger partial charge is 0.478 e. The zero-order valence-electron chi connectivity index (χ0n) is 11.5. The van der Waals surface area contributed by atoms with Crippen molar-refractivity contribution in [3.8, 4) is 0 Å². The Labute approximate surface area is 128 Å². The maximum Gasteiger partial charge on any atom is 0.328 e. The Morgan fingerprint density at radius 3 is 2.45 bits per heavy atom. The summed E-state index contributed by atoms with van der Waals surface area (Å²) in [6.45, 7) is 2.10. The van der Waals surface area contributed by atoms with Crippen molar-refractivity contribution in [3.63, 3.8) is 0 Å². The average Bonchev–Trinajstić information content (AvgIpc) is 2.37. The highest BCUT2D eigenvalue weighted by molar-refractivity contribution is 9.10. The van der Waals surface area contributed by atoms with E-state index in [1.807, 2.05) is 12.1 Å². The van der Waals surface area contributed by atoms with Gasteiger partial charge in [-0.05, 0) is 42.7 Å². The van der Waals surface area contributed by atoms with Crippen LogP contribution in [0, 0.1) is 0 Å². The molecule has 0 radical (unpaired) electrons. The fourth-order valence-electron chi connectivity index (χ4n) is 2.60. The molecular weight excluding hydrogens is 318 g/mol. The molecule has 2 rings (SSSR count). The summed E-state index contributed by atoms with van der Waals surface area (Å²) < 4.78 is 0.971. The maximum absolute atomic E-state index is 10.7. The molecule has 1 aliphatic heterocycles. The average molecular weight is 338 g/mol. The fourth-order valence-corrected chi connectivity index (χ4v) is 2.98. The minimum atomic E-state index is -0.913. The number of hydrogen-bond donors (Lipinski definition) is 1. The van der Waals surface area contributed by atoms with Crippen molar-refractivity contribution in [1.82, 2.24) is 0 Å². The van der Waals surface area contributed by atoms with Gasteiger partial charge in [0.2, 0.25) is 0 Å². The highest BCUT2D eigenvalue weighted by atomic mass is 79.9. The van der Waals surface area contributed by atoms with E-state index in [9.17, 15) is 4.79 Å². The Kier molecular flexibility index (Phi) is 5.65. The molecule has 0 aromatic heterocycles. The molecule has 1 N–H and O–H groups in total. The van der Waals surface area contributed by atoms with Crippen LogP contribution in [0.25, 0.3) is 6.08 Å². The predicted octanol–water partition coefficient (Wildman–Crippen LogP) is 4.32. The first-order valence-electron chi connectivity index (χ1n) is 7.12. The van der Waals surface area contributed by atoms with E-state index in [1.54, 1.807) is 6.08 Å². The molecule has 0 spiro atoms. The Bertz CT molecular complexity index is 491. The molecule has 1 heterocycles. The third kappa shape index (κ3) is 4.37. The number of halogens is 1. The molecule has 108 valence electrons. The summed E-state index contributed by atoms with van der Waals surface area (Å²) in [4.78, 5) is 13.1. The number of nitrogens with zero attached hydrogens (tertiary/aromatic N) is 1. The second-order valence-corrected chi connectivity index (χ2v) is 6.05. The number of hydrogen-bond acceptors (Lipinski definition) is 2. The van der Waals surface area contributed by atoms with Gasteiger partial charge in [0.25, 0.3) is 0 Å². The molecule has 3 nitrogen and oxygen atoms in total. The highest BCUT2D eigenvalue weighted by Gasteiger charge is 2.12. The first-order valence-corrected chi connectivity index (χ1v) is 7.91. The van der Waals surface area contributed by atoms with Gasteiger partial charge in [-0.25, -0.2) is 4.79 Å². The molecule has 0 atom stereocenters. The summed E-state index contributed by atoms with van der Waals surface area (Å²) >= 11 is 3.46. The van der Waals surface area contributed by atoms with Crippen LogP contribution in [0.1, 0.15) is 37.7 Å². The number of benzene rings is 1. The quantitative estimate of drug-likeness (QED) is 0.835. The van der Waals surface area contributed by atoms with Crippen molar-refractivity contribution in [1.29, 1.82) is 0 Å². The van der Waals surface area contributed by atoms with Crippen molar-refractivity contribution in [3.05, 3.63) is 34.3 Å². The van der Waals surface area contributed by atoms with E-state index in [0.717, 1.165) is 28.8 Å². The van der Waals surface area contributed by atoms with Crippen LogP contribution in [0.3, 0.4) is 0 Å². The van der Waals surface area contributed by atoms with Crippen LogP contribution in [0.2, 0.25) is 0 Å². The van der Waals surface area contributed by atoms with Gasteiger partial charge in [-0.1, -0.05) is 35.2 Å². The number of carboxylic acids is 1. The van der Waals surface area contributed by atoms with Crippen molar-refractivity contribution < 1.29 is 9.90 Å². The monoisotopic (exact) mass is 337 g/mol. The Hall–Kier alpha value is -1.29. The Morgan fingerprint density at radius 1 is 1.15 bits per heavy atom. The molecule has 0 unspecified atom stereocenters. The number of rotatable bonds is 3. The molecular formula is C16H20BrNO2. The van der Waals surface area contributed by atoms with Gasteiger partial charge in [-0.3, -0.25) is 0 Å². The highest BCUT2D eigenvalue weighted by Crippen LogP contribution is 2.27. The van der Waals surface area contributed by atoms with E-state index in [-0.39, 0.29) is 0 Å². The van der Waals surface area contributed by atoms with Gasteiger partial charge in [-0.2, -0.15) is 0 Å². The Morgan fingerprint density at radius 2 is 1.80 bits per heavy atom. The zero-order valence-corrected chi connectivity index (χ0v) is 13.1. The summed E-state index contributed by atoms with van der Waals surface area (Å²) in [6, 6.07) is 6.08. The summed E-state index contributed by atoms with van der Waals surface area (Å²) in [5, 5.41) is 8.82. The van der Waals surface area contributed by atoms with Crippen molar-refractivity contribution >= 4 is 33.7 Å². The lowest BCUT2D eigenvalue weighted by molar-refractivity contribution is -0.131. The van der Waals surface area contributed by atoms with E-state index < -0.39 is 5.97 Å². The number of aliphatic carboxylic acids is 1. The van der Waals surface area contributed by atoms with Crippen LogP contribution in [0.4, 0.5) is 5.69 Å². The van der Waals surface area contributed by atoms with Gasteiger partial charge in [0.05, 0.1) is 0 Å². The smallest absolute Gasteiger partial charge is 0.328 e. The molecule has 1 fully saturated rings. The second kappa shape index (κ2) is 7.48. The van der Waals surface area contributed by atoms with Gasteiger partial charge in [0, 0.05) is 29.3 Å². The molecule has 1 saturated heterocycles. The molecule has 20 heavy (non-hydrogen) atoms. The number of carbonyl (C=O) groups is 1. The van der Waals surface area contributed by atoms with Gasteiger partial charge in [0.1, 0.15) is 0 Å².